The number of carbonyl (C=O) groups is 1. The molecule has 0 fully saturated rings. The van der Waals surface area contributed by atoms with Gasteiger partial charge in [0.25, 0.3) is 5.69 Å². The third-order valence-electron chi connectivity index (χ3n) is 3.17. The maximum absolute atomic E-state index is 12.0. The second kappa shape index (κ2) is 7.20. The summed E-state index contributed by atoms with van der Waals surface area (Å²) in [4.78, 5) is 22.1. The molecule has 0 aromatic heterocycles. The molecule has 0 saturated carbocycles. The number of sulfonamides is 1. The van der Waals surface area contributed by atoms with Gasteiger partial charge in [0.05, 0.1) is 16.4 Å². The van der Waals surface area contributed by atoms with Crippen molar-refractivity contribution in [1.29, 1.82) is 0 Å². The molecule has 0 unspecified atom stereocenters. The zero-order valence-corrected chi connectivity index (χ0v) is 13.5. The lowest BCUT2D eigenvalue weighted by atomic mass is 10.2. The Hall–Kier alpha value is -2.78. The topological polar surface area (TPSA) is 118 Å². The molecule has 24 heavy (non-hydrogen) atoms. The Labute approximate surface area is 138 Å². The smallest absolute Gasteiger partial charge is 0.269 e. The maximum atomic E-state index is 12.0. The van der Waals surface area contributed by atoms with Gasteiger partial charge in [0.2, 0.25) is 15.9 Å². The van der Waals surface area contributed by atoms with E-state index in [2.05, 4.69) is 10.0 Å². The molecule has 126 valence electrons. The van der Waals surface area contributed by atoms with Crippen LogP contribution in [0.25, 0.3) is 0 Å². The average Bonchev–Trinajstić information content (AvgIpc) is 2.55. The van der Waals surface area contributed by atoms with E-state index < -0.39 is 27.4 Å². The van der Waals surface area contributed by atoms with Crippen LogP contribution in [-0.4, -0.2) is 25.8 Å². The van der Waals surface area contributed by atoms with Gasteiger partial charge >= 0.3 is 0 Å². The number of amides is 1. The Morgan fingerprint density at radius 2 is 1.83 bits per heavy atom. The van der Waals surface area contributed by atoms with Gasteiger partial charge in [-0.3, -0.25) is 14.9 Å². The van der Waals surface area contributed by atoms with E-state index in [9.17, 15) is 23.3 Å². The first-order chi connectivity index (χ1) is 11.3. The number of hydrogen-bond acceptors (Lipinski definition) is 5. The number of nitro groups is 1. The van der Waals surface area contributed by atoms with Crippen molar-refractivity contribution >= 4 is 27.3 Å². The van der Waals surface area contributed by atoms with Gasteiger partial charge in [0.1, 0.15) is 0 Å². The molecule has 8 nitrogen and oxygen atoms in total. The Bertz CT molecular complexity index is 866. The maximum Gasteiger partial charge on any atom is 0.269 e. The number of hydrogen-bond donors (Lipinski definition) is 2. The molecule has 9 heteroatoms. The first kappa shape index (κ1) is 17.6. The zero-order valence-electron chi connectivity index (χ0n) is 12.7. The van der Waals surface area contributed by atoms with Crippen LogP contribution >= 0.6 is 0 Å². The molecule has 0 aliphatic heterocycles. The van der Waals surface area contributed by atoms with Gasteiger partial charge in [-0.25, -0.2) is 13.1 Å². The van der Waals surface area contributed by atoms with Crippen LogP contribution in [0.4, 0.5) is 11.4 Å². The minimum atomic E-state index is -3.78. The van der Waals surface area contributed by atoms with Crippen LogP contribution in [-0.2, 0) is 14.8 Å². The fourth-order valence-electron chi connectivity index (χ4n) is 1.94. The van der Waals surface area contributed by atoms with E-state index in [0.29, 0.717) is 11.3 Å². The molecule has 1 amide bonds. The number of benzene rings is 2. The van der Waals surface area contributed by atoms with Crippen LogP contribution in [0.5, 0.6) is 0 Å². The molecule has 0 aliphatic rings. The second-order valence-electron chi connectivity index (χ2n) is 4.94. The van der Waals surface area contributed by atoms with E-state index in [-0.39, 0.29) is 10.6 Å². The standard InChI is InChI=1S/C15H15N3O5S/c1-11-9-12(18(20)21)7-8-14(11)17-15(19)10-16-24(22,23)13-5-3-2-4-6-13/h2-9,16H,10H2,1H3,(H,17,19). The highest BCUT2D eigenvalue weighted by molar-refractivity contribution is 7.89. The predicted molar refractivity (Wildman–Crippen MR) is 88.1 cm³/mol. The summed E-state index contributed by atoms with van der Waals surface area (Å²) in [6.45, 7) is 1.16. The summed E-state index contributed by atoms with van der Waals surface area (Å²) in [5.41, 5.74) is 0.795. The molecule has 0 saturated heterocycles. The Morgan fingerprint density at radius 1 is 1.17 bits per heavy atom. The van der Waals surface area contributed by atoms with Gasteiger partial charge in [-0.15, -0.1) is 0 Å². The van der Waals surface area contributed by atoms with E-state index >= 15 is 0 Å². The monoisotopic (exact) mass is 349 g/mol. The molecule has 0 atom stereocenters. The number of nitro benzene ring substituents is 1. The molecule has 2 rings (SSSR count). The van der Waals surface area contributed by atoms with Crippen LogP contribution in [0, 0.1) is 17.0 Å². The van der Waals surface area contributed by atoms with Crippen molar-refractivity contribution in [3.63, 3.8) is 0 Å². The number of nitrogens with one attached hydrogen (secondary N) is 2. The predicted octanol–water partition coefficient (Wildman–Crippen LogP) is 1.82. The van der Waals surface area contributed by atoms with Crippen molar-refractivity contribution in [3.05, 3.63) is 64.2 Å². The molecule has 0 aliphatic carbocycles. The average molecular weight is 349 g/mol. The lowest BCUT2D eigenvalue weighted by Crippen LogP contribution is -2.33. The van der Waals surface area contributed by atoms with Crippen molar-refractivity contribution in [2.24, 2.45) is 0 Å². The third-order valence-corrected chi connectivity index (χ3v) is 4.59. The van der Waals surface area contributed by atoms with Gasteiger partial charge in [-0.2, -0.15) is 0 Å². The lowest BCUT2D eigenvalue weighted by Gasteiger charge is -2.09. The molecule has 0 heterocycles. The van der Waals surface area contributed by atoms with E-state index in [0.717, 1.165) is 0 Å². The third kappa shape index (κ3) is 4.37. The molecular formula is C15H15N3O5S. The molecule has 2 aromatic rings. The summed E-state index contributed by atoms with van der Waals surface area (Å²) in [5, 5.41) is 13.2. The molecule has 0 spiro atoms. The van der Waals surface area contributed by atoms with Crippen LogP contribution in [0.3, 0.4) is 0 Å². The number of carbonyl (C=O) groups excluding carboxylic acids is 1. The van der Waals surface area contributed by atoms with Gasteiger partial charge in [-0.1, -0.05) is 18.2 Å². The number of rotatable bonds is 6. The van der Waals surface area contributed by atoms with E-state index in [1.54, 1.807) is 25.1 Å². The SMILES string of the molecule is Cc1cc([N+](=O)[O-])ccc1NC(=O)CNS(=O)(=O)c1ccccc1. The van der Waals surface area contributed by atoms with Crippen molar-refractivity contribution in [1.82, 2.24) is 4.72 Å². The van der Waals surface area contributed by atoms with E-state index in [4.69, 9.17) is 0 Å². The number of nitrogens with zero attached hydrogens (tertiary/aromatic N) is 1. The van der Waals surface area contributed by atoms with Gasteiger partial charge in [0.15, 0.2) is 0 Å². The fraction of sp³-hybridized carbons (Fsp3) is 0.133. The van der Waals surface area contributed by atoms with Gasteiger partial charge in [0, 0.05) is 17.8 Å². The summed E-state index contributed by atoms with van der Waals surface area (Å²) in [5.74, 6) is -0.577. The minimum Gasteiger partial charge on any atom is -0.325 e. The second-order valence-corrected chi connectivity index (χ2v) is 6.71. The quantitative estimate of drug-likeness (QED) is 0.609. The highest BCUT2D eigenvalue weighted by Crippen LogP contribution is 2.21. The molecule has 2 N–H and O–H groups in total. The van der Waals surface area contributed by atoms with Crippen molar-refractivity contribution in [2.45, 2.75) is 11.8 Å². The number of anilines is 1. The van der Waals surface area contributed by atoms with Gasteiger partial charge in [-0.05, 0) is 30.7 Å². The first-order valence-electron chi connectivity index (χ1n) is 6.89. The van der Waals surface area contributed by atoms with Crippen molar-refractivity contribution in [3.8, 4) is 0 Å². The molecular weight excluding hydrogens is 334 g/mol. The normalized spacial score (nSPS) is 11.0. The highest BCUT2D eigenvalue weighted by Gasteiger charge is 2.16. The fourth-order valence-corrected chi connectivity index (χ4v) is 2.94. The Balaban J connectivity index is 2.00. The van der Waals surface area contributed by atoms with E-state index in [1.165, 1.54) is 30.3 Å². The summed E-state index contributed by atoms with van der Waals surface area (Å²) in [6, 6.07) is 11.7. The van der Waals surface area contributed by atoms with Crippen molar-refractivity contribution < 1.29 is 18.1 Å². The number of non-ortho nitro benzene ring substituents is 1. The van der Waals surface area contributed by atoms with Crippen LogP contribution in [0.15, 0.2) is 53.4 Å². The van der Waals surface area contributed by atoms with Crippen LogP contribution in [0.2, 0.25) is 0 Å². The summed E-state index contributed by atoms with van der Waals surface area (Å²) >= 11 is 0. The summed E-state index contributed by atoms with van der Waals surface area (Å²) < 4.78 is 26.2. The van der Waals surface area contributed by atoms with E-state index in [1.807, 2.05) is 0 Å². The Morgan fingerprint density at radius 3 is 2.42 bits per heavy atom. The number of aryl methyl sites for hydroxylation is 1. The highest BCUT2D eigenvalue weighted by atomic mass is 32.2. The Kier molecular flexibility index (Phi) is 5.27. The van der Waals surface area contributed by atoms with Crippen LogP contribution in [0.1, 0.15) is 5.56 Å². The zero-order chi connectivity index (χ0) is 17.7. The summed E-state index contributed by atoms with van der Waals surface area (Å²) in [7, 11) is -3.78. The minimum absolute atomic E-state index is 0.0596. The summed E-state index contributed by atoms with van der Waals surface area (Å²) in [6.07, 6.45) is 0. The van der Waals surface area contributed by atoms with Crippen LogP contribution < -0.4 is 10.0 Å². The molecule has 0 radical (unpaired) electrons. The van der Waals surface area contributed by atoms with Gasteiger partial charge < -0.3 is 5.32 Å². The molecule has 2 aromatic carbocycles. The first-order valence-corrected chi connectivity index (χ1v) is 8.37. The molecule has 0 bridgehead atoms. The largest absolute Gasteiger partial charge is 0.325 e. The van der Waals surface area contributed by atoms with Crippen molar-refractivity contribution in [2.75, 3.05) is 11.9 Å². The lowest BCUT2D eigenvalue weighted by molar-refractivity contribution is -0.384.